The van der Waals surface area contributed by atoms with Crippen molar-refractivity contribution in [2.45, 2.75) is 38.1 Å². The van der Waals surface area contributed by atoms with Gasteiger partial charge in [-0.15, -0.1) is 0 Å². The summed E-state index contributed by atoms with van der Waals surface area (Å²) in [5.74, 6) is -0.473. The number of carbonyl (C=O) groups excluding carboxylic acids is 1. The molecule has 0 radical (unpaired) electrons. The summed E-state index contributed by atoms with van der Waals surface area (Å²) >= 11 is 5.53. The topological polar surface area (TPSA) is 78.4 Å². The Morgan fingerprint density at radius 2 is 2.00 bits per heavy atom. The minimum absolute atomic E-state index is 0.124. The molecule has 0 aromatic carbocycles. The van der Waals surface area contributed by atoms with Crippen molar-refractivity contribution in [3.05, 3.63) is 11.6 Å². The van der Waals surface area contributed by atoms with Crippen LogP contribution in [0.5, 0.6) is 0 Å². The van der Waals surface area contributed by atoms with Gasteiger partial charge in [-0.2, -0.15) is 0 Å². The molecule has 0 atom stereocenters. The number of hydrogen-bond donors (Lipinski definition) is 3. The summed E-state index contributed by atoms with van der Waals surface area (Å²) in [5.41, 5.74) is -1.15. The van der Waals surface area contributed by atoms with Crippen molar-refractivity contribution in [2.24, 2.45) is 5.92 Å². The number of carbonyl (C=O) groups is 2. The quantitative estimate of drug-likeness (QED) is 0.734. The second-order valence-corrected chi connectivity index (χ2v) is 5.43. The molecule has 102 valence electrons. The van der Waals surface area contributed by atoms with Crippen LogP contribution in [0.4, 0.5) is 4.79 Å². The summed E-state index contributed by atoms with van der Waals surface area (Å²) < 4.78 is 0. The van der Waals surface area contributed by atoms with E-state index < -0.39 is 17.5 Å². The van der Waals surface area contributed by atoms with Gasteiger partial charge in [0.2, 0.25) is 0 Å². The number of halogens is 1. The first-order chi connectivity index (χ1) is 8.35. The summed E-state index contributed by atoms with van der Waals surface area (Å²) in [5, 5.41) is 14.6. The normalized spacial score (nSPS) is 27.3. The van der Waals surface area contributed by atoms with Gasteiger partial charge in [0.05, 0.1) is 6.54 Å². The maximum atomic E-state index is 11.6. The Balaban J connectivity index is 2.60. The molecular weight excluding hydrogens is 256 g/mol. The van der Waals surface area contributed by atoms with Crippen LogP contribution < -0.4 is 10.6 Å². The zero-order valence-corrected chi connectivity index (χ0v) is 11.2. The third-order valence-electron chi connectivity index (χ3n) is 3.33. The van der Waals surface area contributed by atoms with Crippen LogP contribution in [0.1, 0.15) is 32.6 Å². The van der Waals surface area contributed by atoms with E-state index in [0.29, 0.717) is 23.8 Å². The summed E-state index contributed by atoms with van der Waals surface area (Å²) in [6.45, 7) is 5.65. The minimum Gasteiger partial charge on any atom is -0.480 e. The van der Waals surface area contributed by atoms with Crippen molar-refractivity contribution < 1.29 is 14.7 Å². The van der Waals surface area contributed by atoms with Crippen LogP contribution in [0.25, 0.3) is 0 Å². The van der Waals surface area contributed by atoms with Gasteiger partial charge >= 0.3 is 12.0 Å². The van der Waals surface area contributed by atoms with E-state index in [1.807, 2.05) is 0 Å². The van der Waals surface area contributed by atoms with Gasteiger partial charge in [-0.05, 0) is 31.6 Å². The number of carboxylic acids is 1. The molecule has 0 heterocycles. The van der Waals surface area contributed by atoms with Gasteiger partial charge in [0, 0.05) is 5.03 Å². The van der Waals surface area contributed by atoms with Crippen molar-refractivity contribution >= 4 is 23.6 Å². The van der Waals surface area contributed by atoms with Crippen molar-refractivity contribution in [3.8, 4) is 0 Å². The van der Waals surface area contributed by atoms with Crippen molar-refractivity contribution in [2.75, 3.05) is 6.54 Å². The number of nitrogens with one attached hydrogen (secondary N) is 2. The highest BCUT2D eigenvalue weighted by atomic mass is 35.5. The van der Waals surface area contributed by atoms with Crippen LogP contribution in [0.3, 0.4) is 0 Å². The highest BCUT2D eigenvalue weighted by Crippen LogP contribution is 2.32. The Morgan fingerprint density at radius 3 is 2.44 bits per heavy atom. The molecule has 0 spiro atoms. The second kappa shape index (κ2) is 6.09. The molecule has 0 aromatic heterocycles. The lowest BCUT2D eigenvalue weighted by Crippen LogP contribution is -2.58. The molecule has 1 aliphatic rings. The number of amides is 2. The average Bonchev–Trinajstić information content (AvgIpc) is 2.29. The average molecular weight is 275 g/mol. The van der Waals surface area contributed by atoms with E-state index in [4.69, 9.17) is 11.6 Å². The van der Waals surface area contributed by atoms with Crippen molar-refractivity contribution in [3.63, 3.8) is 0 Å². The third-order valence-corrected chi connectivity index (χ3v) is 3.46. The molecule has 1 saturated carbocycles. The molecule has 3 N–H and O–H groups in total. The second-order valence-electron chi connectivity index (χ2n) is 4.89. The summed E-state index contributed by atoms with van der Waals surface area (Å²) in [6.07, 6.45) is 2.51. The molecule has 5 nitrogen and oxygen atoms in total. The summed E-state index contributed by atoms with van der Waals surface area (Å²) in [7, 11) is 0. The Bertz CT molecular complexity index is 349. The minimum atomic E-state index is -1.15. The number of rotatable bonds is 4. The standard InChI is InChI=1S/C12H19ClN2O3/c1-8-3-5-12(6-4-8,10(16)17)15-11(18)14-7-9(2)13/h8H,2-7H2,1H3,(H,16,17)(H2,14,15,18). The van der Waals surface area contributed by atoms with Crippen LogP contribution in [-0.2, 0) is 4.79 Å². The molecule has 0 aliphatic heterocycles. The van der Waals surface area contributed by atoms with Crippen LogP contribution in [0.15, 0.2) is 11.6 Å². The van der Waals surface area contributed by atoms with Crippen molar-refractivity contribution in [1.29, 1.82) is 0 Å². The number of aliphatic carboxylic acids is 1. The van der Waals surface area contributed by atoms with Crippen LogP contribution in [-0.4, -0.2) is 29.2 Å². The largest absolute Gasteiger partial charge is 0.480 e. The number of urea groups is 1. The summed E-state index contributed by atoms with van der Waals surface area (Å²) in [4.78, 5) is 23.0. The molecular formula is C12H19ClN2O3. The first-order valence-electron chi connectivity index (χ1n) is 5.98. The van der Waals surface area contributed by atoms with Gasteiger partial charge in [-0.25, -0.2) is 9.59 Å². The maximum Gasteiger partial charge on any atom is 0.329 e. The Kier molecular flexibility index (Phi) is 5.02. The van der Waals surface area contributed by atoms with E-state index in [9.17, 15) is 14.7 Å². The third kappa shape index (κ3) is 3.91. The monoisotopic (exact) mass is 274 g/mol. The Hall–Kier alpha value is -1.23. The van der Waals surface area contributed by atoms with E-state index in [-0.39, 0.29) is 6.54 Å². The predicted molar refractivity (Wildman–Crippen MR) is 69.5 cm³/mol. The zero-order valence-electron chi connectivity index (χ0n) is 10.5. The molecule has 0 bridgehead atoms. The molecule has 6 heteroatoms. The molecule has 2 amide bonds. The van der Waals surface area contributed by atoms with Gasteiger partial charge in [0.25, 0.3) is 0 Å². The highest BCUT2D eigenvalue weighted by Gasteiger charge is 2.42. The molecule has 1 rings (SSSR count). The number of carboxylic acid groups (broad SMARTS) is 1. The fraction of sp³-hybridized carbons (Fsp3) is 0.667. The van der Waals surface area contributed by atoms with Crippen LogP contribution in [0.2, 0.25) is 0 Å². The summed E-state index contributed by atoms with van der Waals surface area (Å²) in [6, 6.07) is -0.520. The van der Waals surface area contributed by atoms with E-state index >= 15 is 0 Å². The number of hydrogen-bond acceptors (Lipinski definition) is 2. The first-order valence-corrected chi connectivity index (χ1v) is 6.36. The Morgan fingerprint density at radius 1 is 1.44 bits per heavy atom. The van der Waals surface area contributed by atoms with E-state index in [1.54, 1.807) is 0 Å². The van der Waals surface area contributed by atoms with Gasteiger partial charge in [-0.1, -0.05) is 25.1 Å². The molecule has 1 fully saturated rings. The lowest BCUT2D eigenvalue weighted by Gasteiger charge is -2.36. The van der Waals surface area contributed by atoms with Crippen LogP contribution >= 0.6 is 11.6 Å². The van der Waals surface area contributed by atoms with Gasteiger partial charge in [-0.3, -0.25) is 0 Å². The predicted octanol–water partition coefficient (Wildman–Crippen LogP) is 2.07. The smallest absolute Gasteiger partial charge is 0.329 e. The van der Waals surface area contributed by atoms with E-state index in [1.165, 1.54) is 0 Å². The van der Waals surface area contributed by atoms with E-state index in [2.05, 4.69) is 24.1 Å². The van der Waals surface area contributed by atoms with Gasteiger partial charge < -0.3 is 15.7 Å². The lowest BCUT2D eigenvalue weighted by molar-refractivity contribution is -0.146. The van der Waals surface area contributed by atoms with Crippen molar-refractivity contribution in [1.82, 2.24) is 10.6 Å². The first kappa shape index (κ1) is 14.8. The Labute approximate surface area is 112 Å². The molecule has 0 aromatic rings. The SMILES string of the molecule is C=C(Cl)CNC(=O)NC1(C(=O)O)CCC(C)CC1. The molecule has 0 unspecified atom stereocenters. The van der Waals surface area contributed by atoms with Gasteiger partial charge in [0.15, 0.2) is 0 Å². The molecule has 1 aliphatic carbocycles. The van der Waals surface area contributed by atoms with E-state index in [0.717, 1.165) is 12.8 Å². The highest BCUT2D eigenvalue weighted by molar-refractivity contribution is 6.29. The molecule has 0 saturated heterocycles. The molecule has 18 heavy (non-hydrogen) atoms. The fourth-order valence-corrected chi connectivity index (χ4v) is 2.15. The lowest BCUT2D eigenvalue weighted by atomic mass is 9.77. The van der Waals surface area contributed by atoms with Crippen LogP contribution in [0, 0.1) is 5.92 Å². The maximum absolute atomic E-state index is 11.6. The fourth-order valence-electron chi connectivity index (χ4n) is 2.08. The van der Waals surface area contributed by atoms with Gasteiger partial charge in [0.1, 0.15) is 5.54 Å². The zero-order chi connectivity index (χ0) is 13.8.